The highest BCUT2D eigenvalue weighted by Crippen LogP contribution is 2.48. The van der Waals surface area contributed by atoms with E-state index in [0.717, 1.165) is 73.1 Å². The van der Waals surface area contributed by atoms with Crippen LogP contribution in [0, 0.1) is 25.5 Å². The Morgan fingerprint density at radius 1 is 0.557 bits per heavy atom. The van der Waals surface area contributed by atoms with Gasteiger partial charge in [0.2, 0.25) is 0 Å². The van der Waals surface area contributed by atoms with Gasteiger partial charge in [-0.2, -0.15) is 0 Å². The standard InChI is InChI=1S/C54H44F2N4O/c1-34-13-12-14-35(2)53(34)37-27-41(58-33-59(50-20-11-10-19-49(50)58)47-17-8-6-15-44(47)36-25-39(55)30-40(56)26-36)31-43(28-37)61-42-21-22-46-45-16-7-9-18-48(45)60(51(46)32-42)52-29-38(23-24-57-52)54(3,4)5/h6-32H,33H2,1-5H3. The maximum absolute atomic E-state index is 14.6. The lowest BCUT2D eigenvalue weighted by atomic mass is 9.88. The molecule has 0 radical (unpaired) electrons. The van der Waals surface area contributed by atoms with E-state index in [-0.39, 0.29) is 5.41 Å². The van der Waals surface area contributed by atoms with Gasteiger partial charge in [0.05, 0.1) is 28.1 Å². The predicted octanol–water partition coefficient (Wildman–Crippen LogP) is 14.7. The number of nitrogens with zero attached hydrogens (tertiary/aromatic N) is 4. The maximum atomic E-state index is 14.6. The molecule has 5 nitrogen and oxygen atoms in total. The van der Waals surface area contributed by atoms with Crippen LogP contribution in [0.25, 0.3) is 49.9 Å². The van der Waals surface area contributed by atoms with Crippen molar-refractivity contribution in [2.45, 2.75) is 40.0 Å². The van der Waals surface area contributed by atoms with Gasteiger partial charge in [-0.05, 0) is 125 Å². The van der Waals surface area contributed by atoms with Crippen LogP contribution in [0.4, 0.5) is 31.5 Å². The maximum Gasteiger partial charge on any atom is 0.137 e. The minimum absolute atomic E-state index is 0.0418. The first-order chi connectivity index (χ1) is 29.5. The zero-order valence-corrected chi connectivity index (χ0v) is 34.7. The molecule has 0 fully saturated rings. The van der Waals surface area contributed by atoms with Crippen molar-refractivity contribution >= 4 is 44.6 Å². The summed E-state index contributed by atoms with van der Waals surface area (Å²) >= 11 is 0. The Hall–Kier alpha value is -7.25. The molecule has 1 aliphatic heterocycles. The number of pyridine rings is 1. The highest BCUT2D eigenvalue weighted by Gasteiger charge is 2.30. The monoisotopic (exact) mass is 802 g/mol. The molecule has 0 saturated carbocycles. The fourth-order valence-electron chi connectivity index (χ4n) is 8.92. The van der Waals surface area contributed by atoms with Gasteiger partial charge < -0.3 is 14.5 Å². The smallest absolute Gasteiger partial charge is 0.137 e. The molecule has 9 aromatic rings. The van der Waals surface area contributed by atoms with Gasteiger partial charge in [-0.15, -0.1) is 0 Å². The van der Waals surface area contributed by atoms with Crippen LogP contribution in [0.1, 0.15) is 37.5 Å². The molecule has 0 spiro atoms. The molecule has 0 amide bonds. The summed E-state index contributed by atoms with van der Waals surface area (Å²) in [6.07, 6.45) is 1.90. The molecular weight excluding hydrogens is 759 g/mol. The molecule has 0 N–H and O–H groups in total. The minimum atomic E-state index is -0.615. The van der Waals surface area contributed by atoms with Gasteiger partial charge in [0.15, 0.2) is 0 Å². The summed E-state index contributed by atoms with van der Waals surface area (Å²) in [5.41, 5.74) is 12.7. The van der Waals surface area contributed by atoms with Gasteiger partial charge in [0.25, 0.3) is 0 Å². The number of hydrogen-bond acceptors (Lipinski definition) is 4. The molecule has 61 heavy (non-hydrogen) atoms. The van der Waals surface area contributed by atoms with E-state index in [1.54, 1.807) is 0 Å². The van der Waals surface area contributed by atoms with Gasteiger partial charge in [-0.3, -0.25) is 4.57 Å². The van der Waals surface area contributed by atoms with Crippen LogP contribution in [-0.2, 0) is 5.41 Å². The minimum Gasteiger partial charge on any atom is -0.457 e. The zero-order chi connectivity index (χ0) is 42.0. The Morgan fingerprint density at radius 3 is 1.98 bits per heavy atom. The number of benzene rings is 7. The molecule has 7 aromatic carbocycles. The van der Waals surface area contributed by atoms with E-state index in [2.05, 4.69) is 146 Å². The van der Waals surface area contributed by atoms with E-state index in [1.165, 1.54) is 28.8 Å². The second kappa shape index (κ2) is 14.8. The summed E-state index contributed by atoms with van der Waals surface area (Å²) in [7, 11) is 0. The number of fused-ring (bicyclic) bond motifs is 4. The predicted molar refractivity (Wildman–Crippen MR) is 246 cm³/mol. The number of rotatable bonds is 7. The molecule has 1 aliphatic rings. The van der Waals surface area contributed by atoms with Gasteiger partial charge >= 0.3 is 0 Å². The summed E-state index contributed by atoms with van der Waals surface area (Å²) in [6, 6.07) is 51.6. The van der Waals surface area contributed by atoms with Crippen LogP contribution < -0.4 is 14.5 Å². The van der Waals surface area contributed by atoms with Gasteiger partial charge in [0, 0.05) is 46.4 Å². The van der Waals surface area contributed by atoms with Crippen LogP contribution in [0.15, 0.2) is 164 Å². The fraction of sp³-hybridized carbons (Fsp3) is 0.130. The SMILES string of the molecule is Cc1cccc(C)c1-c1cc(Oc2ccc3c4ccccc4n(-c4cc(C(C)(C)C)ccn4)c3c2)cc(N2CN(c3ccccc3-c3cc(F)cc(F)c3)c3ccccc32)c1. The van der Waals surface area contributed by atoms with Gasteiger partial charge in [-0.25, -0.2) is 13.8 Å². The lowest BCUT2D eigenvalue weighted by Crippen LogP contribution is -2.24. The molecule has 7 heteroatoms. The Labute approximate surface area is 354 Å². The number of anilines is 4. The van der Waals surface area contributed by atoms with E-state index in [0.29, 0.717) is 23.7 Å². The number of ether oxygens (including phenoxy) is 1. The molecule has 0 saturated heterocycles. The quantitative estimate of drug-likeness (QED) is 0.161. The van der Waals surface area contributed by atoms with Crippen molar-refractivity contribution in [2.24, 2.45) is 0 Å². The largest absolute Gasteiger partial charge is 0.457 e. The molecule has 10 rings (SSSR count). The van der Waals surface area contributed by atoms with Crippen LogP contribution in [0.5, 0.6) is 11.5 Å². The lowest BCUT2D eigenvalue weighted by molar-refractivity contribution is 0.483. The van der Waals surface area contributed by atoms with E-state index in [9.17, 15) is 8.78 Å². The highest BCUT2D eigenvalue weighted by molar-refractivity contribution is 6.09. The topological polar surface area (TPSA) is 33.5 Å². The van der Waals surface area contributed by atoms with Crippen molar-refractivity contribution in [2.75, 3.05) is 16.5 Å². The zero-order valence-electron chi connectivity index (χ0n) is 34.7. The fourth-order valence-corrected chi connectivity index (χ4v) is 8.92. The van der Waals surface area contributed by atoms with E-state index < -0.39 is 11.6 Å². The van der Waals surface area contributed by atoms with Gasteiger partial charge in [0.1, 0.15) is 35.6 Å². The van der Waals surface area contributed by atoms with Crippen molar-refractivity contribution in [3.05, 3.63) is 192 Å². The second-order valence-electron chi connectivity index (χ2n) is 16.9. The molecular formula is C54H44F2N4O. The van der Waals surface area contributed by atoms with Crippen molar-refractivity contribution in [3.63, 3.8) is 0 Å². The molecule has 0 aliphatic carbocycles. The summed E-state index contributed by atoms with van der Waals surface area (Å²) < 4.78 is 38.3. The first-order valence-corrected chi connectivity index (χ1v) is 20.6. The van der Waals surface area contributed by atoms with Crippen molar-refractivity contribution in [1.82, 2.24) is 9.55 Å². The molecule has 0 unspecified atom stereocenters. The number of aryl methyl sites for hydroxylation is 2. The van der Waals surface area contributed by atoms with Crippen LogP contribution in [-0.4, -0.2) is 16.2 Å². The van der Waals surface area contributed by atoms with E-state index >= 15 is 0 Å². The average molecular weight is 803 g/mol. The number of halogens is 2. The number of aromatic nitrogens is 2. The molecule has 3 heterocycles. The Bertz CT molecular complexity index is 3120. The Morgan fingerprint density at radius 2 is 1.23 bits per heavy atom. The molecule has 300 valence electrons. The normalized spacial score (nSPS) is 12.7. The summed E-state index contributed by atoms with van der Waals surface area (Å²) in [4.78, 5) is 9.36. The lowest BCUT2D eigenvalue weighted by Gasteiger charge is -2.25. The third-order valence-electron chi connectivity index (χ3n) is 11.8. The second-order valence-corrected chi connectivity index (χ2v) is 16.9. The van der Waals surface area contributed by atoms with Crippen LogP contribution in [0.3, 0.4) is 0 Å². The number of para-hydroxylation sites is 4. The van der Waals surface area contributed by atoms with E-state index in [1.807, 2.05) is 48.7 Å². The van der Waals surface area contributed by atoms with Gasteiger partial charge in [-0.1, -0.05) is 87.5 Å². The highest BCUT2D eigenvalue weighted by atomic mass is 19.1. The molecule has 0 atom stereocenters. The van der Waals surface area contributed by atoms with Crippen molar-refractivity contribution in [1.29, 1.82) is 0 Å². The van der Waals surface area contributed by atoms with Crippen LogP contribution >= 0.6 is 0 Å². The van der Waals surface area contributed by atoms with Crippen LogP contribution in [0.2, 0.25) is 0 Å². The Kier molecular flexibility index (Phi) is 9.21. The molecule has 2 aromatic heterocycles. The summed E-state index contributed by atoms with van der Waals surface area (Å²) in [5.74, 6) is 1.02. The third kappa shape index (κ3) is 6.86. The first-order valence-electron chi connectivity index (χ1n) is 20.6. The summed E-state index contributed by atoms with van der Waals surface area (Å²) in [6.45, 7) is 11.4. The summed E-state index contributed by atoms with van der Waals surface area (Å²) in [5, 5.41) is 2.26. The molecule has 0 bridgehead atoms. The van der Waals surface area contributed by atoms with Crippen molar-refractivity contribution in [3.8, 4) is 39.6 Å². The number of hydrogen-bond donors (Lipinski definition) is 0. The van der Waals surface area contributed by atoms with E-state index in [4.69, 9.17) is 9.72 Å². The van der Waals surface area contributed by atoms with Crippen molar-refractivity contribution < 1.29 is 13.5 Å². The first kappa shape index (κ1) is 38.0. The third-order valence-corrected chi connectivity index (χ3v) is 11.8. The Balaban J connectivity index is 1.10. The average Bonchev–Trinajstić information content (AvgIpc) is 3.79.